The third-order valence-corrected chi connectivity index (χ3v) is 3.14. The average molecular weight is 305 g/mol. The molecule has 1 aliphatic rings. The lowest BCUT2D eigenvalue weighted by Gasteiger charge is -2.32. The Morgan fingerprint density at radius 1 is 1.45 bits per heavy atom. The average Bonchev–Trinajstić information content (AvgIpc) is 2.75. The van der Waals surface area contributed by atoms with Gasteiger partial charge in [-0.15, -0.1) is 0 Å². The molecule has 1 aromatic rings. The molecule has 0 aliphatic carbocycles. The van der Waals surface area contributed by atoms with E-state index in [0.29, 0.717) is 0 Å². The van der Waals surface area contributed by atoms with Gasteiger partial charge in [0.15, 0.2) is 0 Å². The van der Waals surface area contributed by atoms with Gasteiger partial charge in [0.25, 0.3) is 0 Å². The van der Waals surface area contributed by atoms with Crippen molar-refractivity contribution in [3.63, 3.8) is 0 Å². The minimum absolute atomic E-state index is 0.0939. The van der Waals surface area contributed by atoms with Crippen LogP contribution in [0.25, 0.3) is 0 Å². The van der Waals surface area contributed by atoms with Gasteiger partial charge in [0.05, 0.1) is 20.0 Å². The van der Waals surface area contributed by atoms with Crippen LogP contribution in [-0.4, -0.2) is 29.4 Å². The largest absolute Gasteiger partial charge is 0.496 e. The number of rotatable bonds is 3. The molecule has 1 unspecified atom stereocenters. The Balaban J connectivity index is 2.57. The summed E-state index contributed by atoms with van der Waals surface area (Å²) in [6.07, 6.45) is -0.707. The summed E-state index contributed by atoms with van der Waals surface area (Å²) in [6, 6.07) is -0.346. The molecule has 0 N–H and O–H groups in total. The highest BCUT2D eigenvalue weighted by Crippen LogP contribution is 2.36. The first-order chi connectivity index (χ1) is 12.2. The monoisotopic (exact) mass is 304 g/mol. The van der Waals surface area contributed by atoms with E-state index in [1.807, 2.05) is 0 Å². The Morgan fingerprint density at radius 2 is 2.15 bits per heavy atom. The third kappa shape index (κ3) is 2.95. The molecule has 0 saturated carbocycles. The van der Waals surface area contributed by atoms with E-state index in [-0.39, 0.29) is 28.5 Å². The molecule has 2 rings (SSSR count). The minimum Gasteiger partial charge on any atom is -0.474 e. The predicted molar refractivity (Wildman–Crippen MR) is 80.7 cm³/mol. The Labute approximate surface area is 135 Å². The van der Waals surface area contributed by atoms with E-state index >= 15 is 0 Å². The topological polar surface area (TPSA) is 40.6 Å². The first kappa shape index (κ1) is 8.62. The second kappa shape index (κ2) is 5.21. The fraction of sp³-hybridized carbons (Fsp3) is 0.643. The highest BCUT2D eigenvalue weighted by atomic mass is 35.5. The molecule has 0 bridgehead atoms. The lowest BCUT2D eigenvalue weighted by atomic mass is 9.80. The molecule has 0 aromatic carbocycles. The number of pyridine rings is 1. The van der Waals surface area contributed by atoms with Crippen molar-refractivity contribution in [1.29, 1.82) is 0 Å². The van der Waals surface area contributed by atoms with Crippen LogP contribution in [0.2, 0.25) is 5.02 Å². The molecule has 1 saturated heterocycles. The normalized spacial score (nSPS) is 31.1. The number of halogens is 1. The first-order valence-corrected chi connectivity index (χ1v) is 6.57. The van der Waals surface area contributed by atoms with Crippen LogP contribution >= 0.6 is 11.6 Å². The van der Waals surface area contributed by atoms with Gasteiger partial charge in [-0.3, -0.25) is 0 Å². The van der Waals surface area contributed by atoms with E-state index < -0.39 is 38.2 Å². The van der Waals surface area contributed by atoms with E-state index in [1.165, 1.54) is 13.8 Å². The Morgan fingerprint density at radius 3 is 2.70 bits per heavy atom. The highest BCUT2D eigenvalue weighted by molar-refractivity contribution is 6.62. The number of hydrogen-bond acceptors (Lipinski definition) is 4. The van der Waals surface area contributed by atoms with Crippen LogP contribution < -0.4 is 10.2 Å². The summed E-state index contributed by atoms with van der Waals surface area (Å²) in [7, 11) is -1.49. The molecule has 110 valence electrons. The zero-order valence-electron chi connectivity index (χ0n) is 18.8. The van der Waals surface area contributed by atoms with Crippen LogP contribution in [0, 0.1) is 0 Å². The van der Waals surface area contributed by atoms with Crippen molar-refractivity contribution in [3.8, 4) is 5.88 Å². The highest BCUT2D eigenvalue weighted by Gasteiger charge is 2.51. The Hall–Kier alpha value is -0.775. The molecule has 0 radical (unpaired) electrons. The van der Waals surface area contributed by atoms with E-state index in [1.54, 1.807) is 13.8 Å². The van der Waals surface area contributed by atoms with Crippen LogP contribution in [0.4, 0.5) is 0 Å². The number of nitrogens with zero attached hydrogens (tertiary/aromatic N) is 1. The molecule has 20 heavy (non-hydrogen) atoms. The van der Waals surface area contributed by atoms with Gasteiger partial charge in [-0.25, -0.2) is 4.98 Å². The summed E-state index contributed by atoms with van der Waals surface area (Å²) >= 11 is 6.13. The van der Waals surface area contributed by atoms with Crippen LogP contribution in [-0.2, 0) is 9.31 Å². The van der Waals surface area contributed by atoms with Gasteiger partial charge in [0, 0.05) is 18.5 Å². The molecular weight excluding hydrogens is 276 g/mol. The van der Waals surface area contributed by atoms with E-state index in [2.05, 4.69) is 4.98 Å². The van der Waals surface area contributed by atoms with Crippen LogP contribution in [0.3, 0.4) is 0 Å². The standard InChI is InChI=1S/C14H21BClNO3/c1-9(2)18-12-11(16)7-10(8-17-12)15-19-13(3,4)14(5,6)20-15/h7-9H,1-6H3/i3D2,4D3,7D,8D. The van der Waals surface area contributed by atoms with Crippen molar-refractivity contribution in [2.45, 2.75) is 58.7 Å². The zero-order chi connectivity index (χ0) is 20.9. The molecule has 6 heteroatoms. The van der Waals surface area contributed by atoms with Crippen LogP contribution in [0.15, 0.2) is 12.2 Å². The Kier molecular flexibility index (Phi) is 2.24. The minimum atomic E-state index is -2.86. The third-order valence-electron chi connectivity index (χ3n) is 2.88. The van der Waals surface area contributed by atoms with E-state index in [9.17, 15) is 0 Å². The molecule has 1 aromatic heterocycles. The summed E-state index contributed by atoms with van der Waals surface area (Å²) in [6.45, 7) is 1.49. The van der Waals surface area contributed by atoms with Crippen molar-refractivity contribution in [1.82, 2.24) is 4.98 Å². The van der Waals surface area contributed by atoms with Gasteiger partial charge in [0.1, 0.15) is 5.02 Å². The van der Waals surface area contributed by atoms with Crippen LogP contribution in [0.1, 0.15) is 51.0 Å². The van der Waals surface area contributed by atoms with Crippen LogP contribution in [0.5, 0.6) is 5.88 Å². The predicted octanol–water partition coefficient (Wildman–Crippen LogP) is 2.82. The molecule has 1 fully saturated rings. The number of hydrogen-bond donors (Lipinski definition) is 0. The van der Waals surface area contributed by atoms with Crippen molar-refractivity contribution < 1.29 is 23.6 Å². The molecule has 1 atom stereocenters. The SMILES string of the molecule is [2H]c1nc(OC(C)C)c(Cl)c([2H])c1B1OC(C)(C)C(C([2H])[2H])(C([2H])([2H])[2H])O1. The summed E-state index contributed by atoms with van der Waals surface area (Å²) in [4.78, 5) is 3.92. The summed E-state index contributed by atoms with van der Waals surface area (Å²) < 4.78 is 72.0. The second-order valence-electron chi connectivity index (χ2n) is 5.36. The molecule has 4 nitrogen and oxygen atoms in total. The lowest BCUT2D eigenvalue weighted by Crippen LogP contribution is -2.41. The molecular formula is C14H21BClNO3. The maximum absolute atomic E-state index is 8.24. The Bertz CT molecular complexity index is 732. The maximum atomic E-state index is 8.24. The summed E-state index contributed by atoms with van der Waals surface area (Å²) in [5.74, 6) is -0.0939. The van der Waals surface area contributed by atoms with Gasteiger partial charge >= 0.3 is 7.12 Å². The molecule has 1 aliphatic heterocycles. The molecule has 0 spiro atoms. The zero-order valence-corrected chi connectivity index (χ0v) is 12.5. The smallest absolute Gasteiger partial charge is 0.474 e. The fourth-order valence-electron chi connectivity index (χ4n) is 1.58. The lowest BCUT2D eigenvalue weighted by molar-refractivity contribution is 0.00578. The number of aromatic nitrogens is 1. The molecule has 2 heterocycles. The quantitative estimate of drug-likeness (QED) is 0.805. The maximum Gasteiger partial charge on any atom is 0.496 e. The first-order valence-electron chi connectivity index (χ1n) is 9.84. The van der Waals surface area contributed by atoms with Crippen molar-refractivity contribution in [2.75, 3.05) is 0 Å². The van der Waals surface area contributed by atoms with Gasteiger partial charge in [-0.2, -0.15) is 0 Å². The van der Waals surface area contributed by atoms with Crippen molar-refractivity contribution >= 4 is 24.2 Å². The van der Waals surface area contributed by atoms with E-state index in [0.717, 1.165) is 0 Å². The van der Waals surface area contributed by atoms with Gasteiger partial charge in [-0.05, 0) is 47.5 Å². The van der Waals surface area contributed by atoms with Gasteiger partial charge < -0.3 is 14.0 Å². The van der Waals surface area contributed by atoms with Crippen molar-refractivity contribution in [3.05, 3.63) is 17.2 Å². The van der Waals surface area contributed by atoms with Gasteiger partial charge in [0.2, 0.25) is 5.88 Å². The van der Waals surface area contributed by atoms with Crippen molar-refractivity contribution in [2.24, 2.45) is 0 Å². The summed E-state index contributed by atoms with van der Waals surface area (Å²) in [5.41, 5.74) is -4.05. The van der Waals surface area contributed by atoms with Gasteiger partial charge in [-0.1, -0.05) is 11.6 Å². The van der Waals surface area contributed by atoms with E-state index in [4.69, 9.17) is 35.2 Å². The molecule has 0 amide bonds. The summed E-state index contributed by atoms with van der Waals surface area (Å²) in [5, 5.41) is -0.167. The second-order valence-corrected chi connectivity index (χ2v) is 5.74. The fourth-order valence-corrected chi connectivity index (χ4v) is 1.77. The number of ether oxygens (including phenoxy) is 1.